The second-order valence-electron chi connectivity index (χ2n) is 3.63. The first kappa shape index (κ1) is 13.3. The predicted octanol–water partition coefficient (Wildman–Crippen LogP) is 2.63. The van der Waals surface area contributed by atoms with Crippen LogP contribution >= 0.6 is 11.6 Å². The first-order valence-electron chi connectivity index (χ1n) is 5.71. The van der Waals surface area contributed by atoms with Crippen LogP contribution in [0.2, 0.25) is 5.02 Å². The van der Waals surface area contributed by atoms with Gasteiger partial charge in [-0.3, -0.25) is 0 Å². The third kappa shape index (κ3) is 3.66. The molecule has 0 N–H and O–H groups in total. The Kier molecular flexibility index (Phi) is 4.30. The Hall–Kier alpha value is -2.14. The summed E-state index contributed by atoms with van der Waals surface area (Å²) >= 11 is 5.90. The van der Waals surface area contributed by atoms with E-state index >= 15 is 0 Å². The van der Waals surface area contributed by atoms with Crippen molar-refractivity contribution in [1.82, 2.24) is 14.8 Å². The van der Waals surface area contributed by atoms with Crippen LogP contribution in [-0.2, 0) is 9.53 Å². The van der Waals surface area contributed by atoms with Gasteiger partial charge in [-0.15, -0.1) is 5.10 Å². The summed E-state index contributed by atoms with van der Waals surface area (Å²) in [6.45, 7) is 2.09. The van der Waals surface area contributed by atoms with E-state index in [1.807, 2.05) is 12.1 Å². The summed E-state index contributed by atoms with van der Waals surface area (Å²) in [5, 5.41) is 4.83. The van der Waals surface area contributed by atoms with Gasteiger partial charge in [0.15, 0.2) is 5.82 Å². The average Bonchev–Trinajstić information content (AvgIpc) is 2.85. The number of rotatable bonds is 4. The van der Waals surface area contributed by atoms with E-state index in [1.165, 1.54) is 23.3 Å². The third-order valence-corrected chi connectivity index (χ3v) is 2.48. The molecule has 0 radical (unpaired) electrons. The smallest absolute Gasteiger partial charge is 0.332 e. The fraction of sp³-hybridized carbons (Fsp3) is 0.154. The lowest BCUT2D eigenvalue weighted by atomic mass is 10.2. The SMILES string of the molecule is CCOC(=O)/C=C\n1cnc(-c2cccc(Cl)c2)n1. The number of nitrogens with zero attached hydrogens (tertiary/aromatic N) is 3. The molecule has 98 valence electrons. The summed E-state index contributed by atoms with van der Waals surface area (Å²) in [7, 11) is 0. The molecule has 1 heterocycles. The zero-order valence-corrected chi connectivity index (χ0v) is 11.0. The zero-order chi connectivity index (χ0) is 13.7. The summed E-state index contributed by atoms with van der Waals surface area (Å²) in [5.74, 6) is 0.123. The highest BCUT2D eigenvalue weighted by Gasteiger charge is 2.03. The molecule has 5 nitrogen and oxygen atoms in total. The molecule has 19 heavy (non-hydrogen) atoms. The Morgan fingerprint density at radius 1 is 1.53 bits per heavy atom. The van der Waals surface area contributed by atoms with Crippen molar-refractivity contribution in [3.63, 3.8) is 0 Å². The molecule has 1 aromatic carbocycles. The fourth-order valence-corrected chi connectivity index (χ4v) is 1.62. The number of benzene rings is 1. The van der Waals surface area contributed by atoms with Crippen molar-refractivity contribution in [2.75, 3.05) is 6.61 Å². The fourth-order valence-electron chi connectivity index (χ4n) is 1.43. The van der Waals surface area contributed by atoms with Crippen LogP contribution in [0.1, 0.15) is 6.92 Å². The number of carbonyl (C=O) groups excluding carboxylic acids is 1. The quantitative estimate of drug-likeness (QED) is 0.637. The lowest BCUT2D eigenvalue weighted by Crippen LogP contribution is -2.00. The van der Waals surface area contributed by atoms with Gasteiger partial charge in [0.25, 0.3) is 0 Å². The molecule has 2 rings (SSSR count). The first-order chi connectivity index (χ1) is 9.19. The first-order valence-corrected chi connectivity index (χ1v) is 6.09. The van der Waals surface area contributed by atoms with Crippen molar-refractivity contribution in [2.24, 2.45) is 0 Å². The average molecular weight is 278 g/mol. The van der Waals surface area contributed by atoms with Crippen molar-refractivity contribution in [2.45, 2.75) is 6.92 Å². The molecule has 0 bridgehead atoms. The number of ether oxygens (including phenoxy) is 1. The minimum absolute atomic E-state index is 0.342. The standard InChI is InChI=1S/C13H12ClN3O2/c1-2-19-12(18)6-7-17-9-15-13(16-17)10-4-3-5-11(14)8-10/h3-9H,2H2,1H3/b7-6-. The Bertz CT molecular complexity index is 607. The molecule has 0 aliphatic rings. The minimum atomic E-state index is -0.415. The second-order valence-corrected chi connectivity index (χ2v) is 4.06. The molecular formula is C13H12ClN3O2. The molecule has 0 saturated heterocycles. The normalized spacial score (nSPS) is 10.8. The number of hydrogen-bond donors (Lipinski definition) is 0. The van der Waals surface area contributed by atoms with E-state index < -0.39 is 5.97 Å². The van der Waals surface area contributed by atoms with E-state index in [9.17, 15) is 4.79 Å². The number of carbonyl (C=O) groups is 1. The highest BCUT2D eigenvalue weighted by Crippen LogP contribution is 2.18. The van der Waals surface area contributed by atoms with E-state index in [2.05, 4.69) is 10.1 Å². The molecule has 6 heteroatoms. The Morgan fingerprint density at radius 3 is 3.11 bits per heavy atom. The summed E-state index contributed by atoms with van der Waals surface area (Å²) in [6, 6.07) is 7.24. The molecule has 0 amide bonds. The summed E-state index contributed by atoms with van der Waals surface area (Å²) < 4.78 is 6.20. The topological polar surface area (TPSA) is 57.0 Å². The van der Waals surface area contributed by atoms with Crippen molar-refractivity contribution >= 4 is 23.8 Å². The maximum absolute atomic E-state index is 11.1. The van der Waals surface area contributed by atoms with Crippen LogP contribution < -0.4 is 0 Å². The number of esters is 1. The van der Waals surface area contributed by atoms with E-state index in [-0.39, 0.29) is 0 Å². The number of hydrogen-bond acceptors (Lipinski definition) is 4. The van der Waals surface area contributed by atoms with Crippen molar-refractivity contribution in [3.8, 4) is 11.4 Å². The van der Waals surface area contributed by atoms with Gasteiger partial charge in [-0.25, -0.2) is 14.5 Å². The molecule has 0 saturated carbocycles. The van der Waals surface area contributed by atoms with Crippen LogP contribution in [0.4, 0.5) is 0 Å². The molecule has 0 atom stereocenters. The van der Waals surface area contributed by atoms with Crippen molar-refractivity contribution < 1.29 is 9.53 Å². The third-order valence-electron chi connectivity index (χ3n) is 2.24. The van der Waals surface area contributed by atoms with Gasteiger partial charge in [-0.1, -0.05) is 23.7 Å². The Balaban J connectivity index is 2.13. The lowest BCUT2D eigenvalue weighted by molar-refractivity contribution is -0.137. The molecular weight excluding hydrogens is 266 g/mol. The highest BCUT2D eigenvalue weighted by atomic mass is 35.5. The summed E-state index contributed by atoms with van der Waals surface area (Å²) in [6.07, 6.45) is 4.28. The Labute approximate surface area is 115 Å². The predicted molar refractivity (Wildman–Crippen MR) is 72.4 cm³/mol. The van der Waals surface area contributed by atoms with Gasteiger partial charge in [0.05, 0.1) is 6.61 Å². The van der Waals surface area contributed by atoms with Crippen LogP contribution in [0.5, 0.6) is 0 Å². The number of aromatic nitrogens is 3. The van der Waals surface area contributed by atoms with Gasteiger partial charge in [0, 0.05) is 22.9 Å². The van der Waals surface area contributed by atoms with Crippen molar-refractivity contribution in [1.29, 1.82) is 0 Å². The maximum atomic E-state index is 11.1. The second kappa shape index (κ2) is 6.15. The zero-order valence-electron chi connectivity index (χ0n) is 10.3. The monoisotopic (exact) mass is 277 g/mol. The van der Waals surface area contributed by atoms with Crippen LogP contribution in [0.15, 0.2) is 36.7 Å². The maximum Gasteiger partial charge on any atom is 0.332 e. The van der Waals surface area contributed by atoms with Gasteiger partial charge < -0.3 is 4.74 Å². The molecule has 2 aromatic rings. The molecule has 0 fully saturated rings. The van der Waals surface area contributed by atoms with E-state index in [1.54, 1.807) is 19.1 Å². The van der Waals surface area contributed by atoms with Gasteiger partial charge in [-0.2, -0.15) is 0 Å². The van der Waals surface area contributed by atoms with Crippen LogP contribution in [0.25, 0.3) is 17.6 Å². The van der Waals surface area contributed by atoms with Gasteiger partial charge >= 0.3 is 5.97 Å². The van der Waals surface area contributed by atoms with E-state index in [4.69, 9.17) is 16.3 Å². The van der Waals surface area contributed by atoms with E-state index in [0.717, 1.165) is 5.56 Å². The number of halogens is 1. The highest BCUT2D eigenvalue weighted by molar-refractivity contribution is 6.30. The lowest BCUT2D eigenvalue weighted by Gasteiger charge is -1.95. The molecule has 0 unspecified atom stereocenters. The van der Waals surface area contributed by atoms with Gasteiger partial charge in [0.2, 0.25) is 0 Å². The minimum Gasteiger partial charge on any atom is -0.463 e. The molecule has 1 aromatic heterocycles. The summed E-state index contributed by atoms with van der Waals surface area (Å²) in [4.78, 5) is 15.3. The summed E-state index contributed by atoms with van der Waals surface area (Å²) in [5.41, 5.74) is 0.816. The Morgan fingerprint density at radius 2 is 2.37 bits per heavy atom. The molecule has 0 aliphatic heterocycles. The molecule has 0 spiro atoms. The molecule has 0 aliphatic carbocycles. The largest absolute Gasteiger partial charge is 0.463 e. The van der Waals surface area contributed by atoms with Crippen LogP contribution in [0, 0.1) is 0 Å². The van der Waals surface area contributed by atoms with Crippen LogP contribution in [-0.4, -0.2) is 27.3 Å². The van der Waals surface area contributed by atoms with Crippen molar-refractivity contribution in [3.05, 3.63) is 41.7 Å². The van der Waals surface area contributed by atoms with Gasteiger partial charge in [-0.05, 0) is 19.1 Å². The van der Waals surface area contributed by atoms with E-state index in [0.29, 0.717) is 17.5 Å². The van der Waals surface area contributed by atoms with Crippen LogP contribution in [0.3, 0.4) is 0 Å². The van der Waals surface area contributed by atoms with Gasteiger partial charge in [0.1, 0.15) is 6.33 Å².